The number of aryl methyl sites for hydroxylation is 5. The van der Waals surface area contributed by atoms with Crippen LogP contribution in [-0.2, 0) is 0 Å². The number of aromatic hydroxyl groups is 1. The lowest BCUT2D eigenvalue weighted by molar-refractivity contribution is 0.0611. The summed E-state index contributed by atoms with van der Waals surface area (Å²) in [5.74, 6) is 3.04. The molecule has 2 atom stereocenters. The summed E-state index contributed by atoms with van der Waals surface area (Å²) < 4.78 is 27.8. The number of aliphatic hydroxyl groups excluding tert-OH is 2. The smallest absolute Gasteiger partial charge is 0.343 e. The molecule has 9 heteroatoms. The summed E-state index contributed by atoms with van der Waals surface area (Å²) in [6.45, 7) is 9.83. The molecule has 0 radical (unpaired) electrons. The van der Waals surface area contributed by atoms with Gasteiger partial charge >= 0.3 is 5.97 Å². The Labute approximate surface area is 299 Å². The lowest BCUT2D eigenvalue weighted by Crippen LogP contribution is -2.25. The summed E-state index contributed by atoms with van der Waals surface area (Å²) in [6.07, 6.45) is -1.51. The van der Waals surface area contributed by atoms with E-state index in [1.807, 2.05) is 99.6 Å². The molecule has 0 aliphatic rings. The van der Waals surface area contributed by atoms with E-state index < -0.39 is 18.2 Å². The third kappa shape index (κ3) is 12.4. The molecule has 0 fully saturated rings. The maximum atomic E-state index is 12.2. The number of esters is 1. The van der Waals surface area contributed by atoms with Crippen molar-refractivity contribution in [3.8, 4) is 34.5 Å². The van der Waals surface area contributed by atoms with Gasteiger partial charge in [-0.1, -0.05) is 54.1 Å². The second-order valence-electron chi connectivity index (χ2n) is 12.2. The number of phenols is 1. The second-order valence-corrected chi connectivity index (χ2v) is 12.2. The number of carbonyl (C=O) groups excluding carboxylic acids is 1. The van der Waals surface area contributed by atoms with E-state index in [4.69, 9.17) is 23.7 Å². The molecule has 268 valence electrons. The Morgan fingerprint density at radius 3 is 1.51 bits per heavy atom. The fourth-order valence-corrected chi connectivity index (χ4v) is 4.91. The third-order valence-electron chi connectivity index (χ3n) is 7.65. The lowest BCUT2D eigenvalue weighted by Gasteiger charge is -2.16. The van der Waals surface area contributed by atoms with Crippen molar-refractivity contribution in [1.29, 1.82) is 0 Å². The topological polar surface area (TPSA) is 124 Å². The number of ether oxygens (including phenoxy) is 5. The number of hydrogen-bond acceptors (Lipinski definition) is 9. The Bertz CT molecular complexity index is 1820. The molecule has 0 aliphatic heterocycles. The Hall–Kier alpha value is -5.51. The molecular formula is C42H46O9. The van der Waals surface area contributed by atoms with E-state index in [1.165, 1.54) is 0 Å². The molecular weight excluding hydrogens is 648 g/mol. The standard InChI is InChI=1S/C25H28O6.C17H18O3/c1-19-14-24(30-17-20(26)15-28-22-8-4-2-5-9-22)12-13-25(19)31-18-21(27)16-29-23-10-6-3-7-11-23;1-10-5-6-15(11(2)7-10)20-17(19)14-8-12(3)16(18)13(4)9-14/h2-14,20-21,26-27H,15-18H2,1H3;5-9,18H,1-4H3. The van der Waals surface area contributed by atoms with Crippen molar-refractivity contribution in [2.24, 2.45) is 0 Å². The van der Waals surface area contributed by atoms with Crippen LogP contribution in [0.2, 0.25) is 0 Å². The highest BCUT2D eigenvalue weighted by Crippen LogP contribution is 2.26. The fraction of sp³-hybridized carbons (Fsp3) is 0.262. The molecule has 51 heavy (non-hydrogen) atoms. The molecule has 5 rings (SSSR count). The summed E-state index contributed by atoms with van der Waals surface area (Å²) >= 11 is 0. The Balaban J connectivity index is 0.000000251. The van der Waals surface area contributed by atoms with Gasteiger partial charge in [-0.25, -0.2) is 4.79 Å². The summed E-state index contributed by atoms with van der Waals surface area (Å²) in [5, 5.41) is 29.9. The van der Waals surface area contributed by atoms with Gasteiger partial charge in [-0.3, -0.25) is 0 Å². The third-order valence-corrected chi connectivity index (χ3v) is 7.65. The van der Waals surface area contributed by atoms with Gasteiger partial charge in [0.15, 0.2) is 0 Å². The van der Waals surface area contributed by atoms with Crippen LogP contribution in [0, 0.1) is 34.6 Å². The molecule has 0 aromatic heterocycles. The Morgan fingerprint density at radius 1 is 0.529 bits per heavy atom. The Morgan fingerprint density at radius 2 is 1.00 bits per heavy atom. The van der Waals surface area contributed by atoms with Gasteiger partial charge in [0.2, 0.25) is 0 Å². The number of benzene rings is 5. The van der Waals surface area contributed by atoms with Crippen LogP contribution >= 0.6 is 0 Å². The van der Waals surface area contributed by atoms with Gasteiger partial charge in [-0.15, -0.1) is 0 Å². The maximum absolute atomic E-state index is 12.2. The summed E-state index contributed by atoms with van der Waals surface area (Å²) in [5.41, 5.74) is 4.68. The highest BCUT2D eigenvalue weighted by atomic mass is 16.5. The summed E-state index contributed by atoms with van der Waals surface area (Å²) in [4.78, 5) is 12.2. The van der Waals surface area contributed by atoms with E-state index in [0.717, 1.165) is 16.7 Å². The van der Waals surface area contributed by atoms with Crippen molar-refractivity contribution in [3.63, 3.8) is 0 Å². The molecule has 3 N–H and O–H groups in total. The number of aliphatic hydroxyl groups is 2. The molecule has 0 saturated carbocycles. The molecule has 2 unspecified atom stereocenters. The predicted molar refractivity (Wildman–Crippen MR) is 197 cm³/mol. The van der Waals surface area contributed by atoms with Crippen LogP contribution in [0.1, 0.15) is 38.2 Å². The molecule has 0 amide bonds. The quantitative estimate of drug-likeness (QED) is 0.0802. The molecule has 5 aromatic carbocycles. The van der Waals surface area contributed by atoms with Crippen LogP contribution in [0.5, 0.6) is 34.5 Å². The van der Waals surface area contributed by atoms with Gasteiger partial charge in [-0.2, -0.15) is 0 Å². The highest BCUT2D eigenvalue weighted by molar-refractivity contribution is 5.92. The van der Waals surface area contributed by atoms with Crippen LogP contribution in [0.3, 0.4) is 0 Å². The zero-order valence-corrected chi connectivity index (χ0v) is 29.7. The van der Waals surface area contributed by atoms with Crippen molar-refractivity contribution < 1.29 is 43.8 Å². The molecule has 0 heterocycles. The zero-order valence-electron chi connectivity index (χ0n) is 29.7. The van der Waals surface area contributed by atoms with E-state index in [9.17, 15) is 20.1 Å². The van der Waals surface area contributed by atoms with Crippen molar-refractivity contribution in [3.05, 3.63) is 143 Å². The predicted octanol–water partition coefficient (Wildman–Crippen LogP) is 7.48. The largest absolute Gasteiger partial charge is 0.507 e. The summed E-state index contributed by atoms with van der Waals surface area (Å²) in [7, 11) is 0. The van der Waals surface area contributed by atoms with Crippen LogP contribution in [0.25, 0.3) is 0 Å². The van der Waals surface area contributed by atoms with Crippen molar-refractivity contribution in [2.75, 3.05) is 26.4 Å². The first kappa shape index (κ1) is 38.3. The summed E-state index contributed by atoms with van der Waals surface area (Å²) in [6, 6.07) is 33.0. The van der Waals surface area contributed by atoms with Gasteiger partial charge < -0.3 is 39.0 Å². The zero-order chi connectivity index (χ0) is 36.8. The average Bonchev–Trinajstić information content (AvgIpc) is 3.13. The molecule has 0 saturated heterocycles. The van der Waals surface area contributed by atoms with Crippen LogP contribution in [-0.4, -0.2) is 59.9 Å². The van der Waals surface area contributed by atoms with Gasteiger partial charge in [0.25, 0.3) is 0 Å². The first-order valence-electron chi connectivity index (χ1n) is 16.7. The van der Waals surface area contributed by atoms with Gasteiger partial charge in [0.05, 0.1) is 5.56 Å². The average molecular weight is 695 g/mol. The number of carbonyl (C=O) groups is 1. The van der Waals surface area contributed by atoms with E-state index in [1.54, 1.807) is 44.2 Å². The number of hydrogen-bond donors (Lipinski definition) is 3. The van der Waals surface area contributed by atoms with E-state index in [0.29, 0.717) is 45.4 Å². The lowest BCUT2D eigenvalue weighted by atomic mass is 10.1. The van der Waals surface area contributed by atoms with Crippen LogP contribution in [0.15, 0.2) is 109 Å². The SMILES string of the molecule is Cc1cc(OCC(O)COc2ccccc2)ccc1OCC(O)COc1ccccc1.Cc1ccc(OC(=O)c2cc(C)c(O)c(C)c2)c(C)c1. The first-order valence-corrected chi connectivity index (χ1v) is 16.7. The minimum atomic E-state index is -0.754. The minimum absolute atomic E-state index is 0.113. The molecule has 0 aliphatic carbocycles. The molecule has 9 nitrogen and oxygen atoms in total. The van der Waals surface area contributed by atoms with Gasteiger partial charge in [0.1, 0.15) is 73.1 Å². The van der Waals surface area contributed by atoms with Crippen LogP contribution in [0.4, 0.5) is 0 Å². The number of phenolic OH excluding ortho intramolecular Hbond substituents is 1. The molecule has 0 spiro atoms. The van der Waals surface area contributed by atoms with Gasteiger partial charge in [0, 0.05) is 0 Å². The monoisotopic (exact) mass is 694 g/mol. The van der Waals surface area contributed by atoms with E-state index >= 15 is 0 Å². The number of para-hydroxylation sites is 2. The van der Waals surface area contributed by atoms with Crippen LogP contribution < -0.4 is 23.7 Å². The van der Waals surface area contributed by atoms with Crippen molar-refractivity contribution in [1.82, 2.24) is 0 Å². The second kappa shape index (κ2) is 19.0. The Kier molecular flexibility index (Phi) is 14.3. The van der Waals surface area contributed by atoms with Crippen molar-refractivity contribution in [2.45, 2.75) is 46.8 Å². The van der Waals surface area contributed by atoms with E-state index in [-0.39, 0.29) is 32.2 Å². The highest BCUT2D eigenvalue weighted by Gasteiger charge is 2.14. The molecule has 0 bridgehead atoms. The van der Waals surface area contributed by atoms with Gasteiger partial charge in [-0.05, 0) is 118 Å². The van der Waals surface area contributed by atoms with Crippen molar-refractivity contribution >= 4 is 5.97 Å². The number of rotatable bonds is 14. The van der Waals surface area contributed by atoms with E-state index in [2.05, 4.69) is 0 Å². The first-order chi connectivity index (χ1) is 24.5. The fourth-order valence-electron chi connectivity index (χ4n) is 4.91. The maximum Gasteiger partial charge on any atom is 0.343 e. The molecule has 5 aromatic rings. The minimum Gasteiger partial charge on any atom is -0.507 e. The normalized spacial score (nSPS) is 11.7.